The molecule has 2 rings (SSSR count). The minimum absolute atomic E-state index is 0.0740. The Hall–Kier alpha value is -2.89. The monoisotopic (exact) mass is 427 g/mol. The number of allylic oxidation sites excluding steroid dienone is 2. The number of ketones is 1. The molecule has 0 aromatic heterocycles. The van der Waals surface area contributed by atoms with Gasteiger partial charge in [0, 0.05) is 18.0 Å². The fourth-order valence-corrected chi connectivity index (χ4v) is 3.24. The van der Waals surface area contributed by atoms with Crippen LogP contribution in [-0.4, -0.2) is 24.3 Å². The molecule has 1 aliphatic rings. The molecule has 1 N–H and O–H groups in total. The van der Waals surface area contributed by atoms with Gasteiger partial charge in [-0.1, -0.05) is 58.3 Å². The van der Waals surface area contributed by atoms with Crippen LogP contribution in [-0.2, 0) is 19.1 Å². The van der Waals surface area contributed by atoms with Gasteiger partial charge in [0.1, 0.15) is 11.3 Å². The summed E-state index contributed by atoms with van der Waals surface area (Å²) >= 11 is 0. The van der Waals surface area contributed by atoms with Gasteiger partial charge < -0.3 is 14.8 Å². The van der Waals surface area contributed by atoms with Gasteiger partial charge in [-0.3, -0.25) is 4.79 Å². The molecule has 0 saturated heterocycles. The third-order valence-electron chi connectivity index (χ3n) is 5.06. The van der Waals surface area contributed by atoms with E-state index in [4.69, 9.17) is 9.47 Å². The Bertz CT molecular complexity index is 808. The van der Waals surface area contributed by atoms with Crippen molar-refractivity contribution in [1.82, 2.24) is 0 Å². The molecule has 1 heterocycles. The molecule has 0 atom stereocenters. The van der Waals surface area contributed by atoms with Crippen molar-refractivity contribution in [3.8, 4) is 0 Å². The lowest BCUT2D eigenvalue weighted by molar-refractivity contribution is -0.137. The van der Waals surface area contributed by atoms with E-state index in [0.717, 1.165) is 12.8 Å². The summed E-state index contributed by atoms with van der Waals surface area (Å²) in [7, 11) is 0. The molecule has 1 aliphatic heterocycles. The number of hydrogen-bond donors (Lipinski definition) is 1. The van der Waals surface area contributed by atoms with Gasteiger partial charge in [-0.15, -0.1) is 0 Å². The molecule has 31 heavy (non-hydrogen) atoms. The summed E-state index contributed by atoms with van der Waals surface area (Å²) in [5.41, 5.74) is 1.02. The second-order valence-corrected chi connectivity index (χ2v) is 7.75. The number of cyclic esters (lactones) is 1. The highest BCUT2D eigenvalue weighted by molar-refractivity contribution is 6.23. The molecule has 0 fully saturated rings. The molecule has 0 aliphatic carbocycles. The van der Waals surface area contributed by atoms with E-state index < -0.39 is 11.8 Å². The number of carbonyl (C=O) groups excluding carboxylic acids is 3. The van der Waals surface area contributed by atoms with Crippen LogP contribution >= 0.6 is 0 Å². The number of nitrogens with one attached hydrogen (secondary N) is 1. The summed E-state index contributed by atoms with van der Waals surface area (Å²) in [6, 6.07) is 6.66. The zero-order valence-electron chi connectivity index (χ0n) is 18.6. The quantitative estimate of drug-likeness (QED) is 0.188. The van der Waals surface area contributed by atoms with E-state index in [9.17, 15) is 14.4 Å². The average molecular weight is 428 g/mol. The number of carbonyl (C=O) groups is 3. The molecular formula is C25H33NO5. The number of esters is 2. The number of unbranched alkanes of at least 4 members (excludes halogenated alkanes) is 8. The number of hydrogen-bond acceptors (Lipinski definition) is 6. The fourth-order valence-electron chi connectivity index (χ4n) is 3.24. The Kier molecular flexibility index (Phi) is 10.6. The summed E-state index contributed by atoms with van der Waals surface area (Å²) in [5, 5.41) is 2.88. The van der Waals surface area contributed by atoms with Crippen LogP contribution in [0.3, 0.4) is 0 Å². The van der Waals surface area contributed by atoms with Crippen molar-refractivity contribution in [1.29, 1.82) is 0 Å². The molecule has 0 saturated carbocycles. The fraction of sp³-hybridized carbons (Fsp3) is 0.480. The smallest absolute Gasteiger partial charge is 0.348 e. The molecule has 0 spiro atoms. The maximum Gasteiger partial charge on any atom is 0.348 e. The van der Waals surface area contributed by atoms with Crippen LogP contribution in [0.5, 0.6) is 0 Å². The zero-order valence-corrected chi connectivity index (χ0v) is 18.6. The van der Waals surface area contributed by atoms with E-state index in [2.05, 4.69) is 12.2 Å². The Morgan fingerprint density at radius 3 is 2.19 bits per heavy atom. The van der Waals surface area contributed by atoms with Crippen LogP contribution < -0.4 is 5.32 Å². The summed E-state index contributed by atoms with van der Waals surface area (Å²) in [6.07, 6.45) is 13.5. The first-order chi connectivity index (χ1) is 15.0. The van der Waals surface area contributed by atoms with Gasteiger partial charge in [0.2, 0.25) is 0 Å². The first-order valence-electron chi connectivity index (χ1n) is 11.2. The minimum Gasteiger partial charge on any atom is -0.462 e. The van der Waals surface area contributed by atoms with Crippen LogP contribution in [0.25, 0.3) is 0 Å². The Morgan fingerprint density at radius 2 is 1.58 bits per heavy atom. The molecule has 1 aromatic carbocycles. The van der Waals surface area contributed by atoms with Crippen molar-refractivity contribution in [3.05, 3.63) is 53.4 Å². The van der Waals surface area contributed by atoms with Crippen molar-refractivity contribution in [2.45, 2.75) is 71.6 Å². The lowest BCUT2D eigenvalue weighted by Gasteiger charge is -2.12. The third-order valence-corrected chi connectivity index (χ3v) is 5.06. The van der Waals surface area contributed by atoms with Crippen LogP contribution in [0, 0.1) is 0 Å². The molecule has 0 amide bonds. The molecular weight excluding hydrogens is 394 g/mol. The van der Waals surface area contributed by atoms with E-state index in [-0.39, 0.29) is 17.3 Å². The molecule has 6 nitrogen and oxygen atoms in total. The Morgan fingerprint density at radius 1 is 0.968 bits per heavy atom. The summed E-state index contributed by atoms with van der Waals surface area (Å²) in [5.74, 6) is -1.17. The van der Waals surface area contributed by atoms with Gasteiger partial charge >= 0.3 is 11.9 Å². The molecule has 6 heteroatoms. The highest BCUT2D eigenvalue weighted by Crippen LogP contribution is 2.16. The van der Waals surface area contributed by atoms with Crippen LogP contribution in [0.4, 0.5) is 5.69 Å². The van der Waals surface area contributed by atoms with E-state index in [1.165, 1.54) is 57.2 Å². The molecule has 0 bridgehead atoms. The number of rotatable bonds is 13. The highest BCUT2D eigenvalue weighted by atomic mass is 16.5. The Balaban J connectivity index is 1.67. The zero-order chi connectivity index (χ0) is 22.5. The lowest BCUT2D eigenvalue weighted by Crippen LogP contribution is -2.20. The third kappa shape index (κ3) is 8.79. The Labute approximate surface area is 184 Å². The number of benzene rings is 1. The predicted molar refractivity (Wildman–Crippen MR) is 121 cm³/mol. The SMILES string of the molecule is CCCCCCCCCCCOC(=O)c1ccc(NC=C2C(=O)C=C(C)OC2=O)cc1. The van der Waals surface area contributed by atoms with E-state index >= 15 is 0 Å². The topological polar surface area (TPSA) is 81.7 Å². The largest absolute Gasteiger partial charge is 0.462 e. The highest BCUT2D eigenvalue weighted by Gasteiger charge is 2.24. The van der Waals surface area contributed by atoms with Crippen molar-refractivity contribution in [2.75, 3.05) is 11.9 Å². The standard InChI is InChI=1S/C25H33NO5/c1-3-4-5-6-7-8-9-10-11-16-30-24(28)20-12-14-21(15-13-20)26-18-22-23(27)17-19(2)31-25(22)29/h12-15,17-18,26H,3-11,16H2,1-2H3. The maximum atomic E-state index is 12.1. The molecule has 168 valence electrons. The van der Waals surface area contributed by atoms with Gasteiger partial charge in [-0.2, -0.15) is 0 Å². The first kappa shape index (κ1) is 24.4. The number of anilines is 1. The van der Waals surface area contributed by atoms with Crippen molar-refractivity contribution < 1.29 is 23.9 Å². The molecule has 1 aromatic rings. The second kappa shape index (κ2) is 13.4. The van der Waals surface area contributed by atoms with Crippen molar-refractivity contribution in [3.63, 3.8) is 0 Å². The van der Waals surface area contributed by atoms with Crippen LogP contribution in [0.15, 0.2) is 47.9 Å². The number of ether oxygens (including phenoxy) is 2. The van der Waals surface area contributed by atoms with Crippen LogP contribution in [0.1, 0.15) is 82.0 Å². The van der Waals surface area contributed by atoms with Crippen molar-refractivity contribution in [2.24, 2.45) is 0 Å². The van der Waals surface area contributed by atoms with Gasteiger partial charge in [-0.25, -0.2) is 9.59 Å². The van der Waals surface area contributed by atoms with Crippen LogP contribution in [0.2, 0.25) is 0 Å². The van der Waals surface area contributed by atoms with Crippen molar-refractivity contribution >= 4 is 23.4 Å². The summed E-state index contributed by atoms with van der Waals surface area (Å²) < 4.78 is 10.3. The average Bonchev–Trinajstić information content (AvgIpc) is 2.74. The summed E-state index contributed by atoms with van der Waals surface area (Å²) in [6.45, 7) is 4.20. The minimum atomic E-state index is -0.686. The van der Waals surface area contributed by atoms with E-state index in [1.807, 2.05) is 0 Å². The molecule has 0 unspecified atom stereocenters. The summed E-state index contributed by atoms with van der Waals surface area (Å²) in [4.78, 5) is 35.8. The molecule has 0 radical (unpaired) electrons. The van der Waals surface area contributed by atoms with E-state index in [1.54, 1.807) is 31.2 Å². The maximum absolute atomic E-state index is 12.1. The predicted octanol–water partition coefficient (Wildman–Crippen LogP) is 5.70. The van der Waals surface area contributed by atoms with Gasteiger partial charge in [0.05, 0.1) is 12.2 Å². The van der Waals surface area contributed by atoms with Gasteiger partial charge in [-0.05, 0) is 37.6 Å². The lowest BCUT2D eigenvalue weighted by atomic mass is 10.1. The second-order valence-electron chi connectivity index (χ2n) is 7.75. The van der Waals surface area contributed by atoms with Gasteiger partial charge in [0.25, 0.3) is 0 Å². The van der Waals surface area contributed by atoms with Gasteiger partial charge in [0.15, 0.2) is 5.78 Å². The van der Waals surface area contributed by atoms with E-state index in [0.29, 0.717) is 17.9 Å². The normalized spacial score (nSPS) is 14.9. The first-order valence-corrected chi connectivity index (χ1v) is 11.2.